The zero-order valence-electron chi connectivity index (χ0n) is 15.2. The maximum atomic E-state index is 12.8. The number of methoxy groups -OCH3 is 1. The molecule has 1 aliphatic heterocycles. The average Bonchev–Trinajstić information content (AvgIpc) is 2.70. The second kappa shape index (κ2) is 8.03. The first-order valence-electron chi connectivity index (χ1n) is 8.77. The normalized spacial score (nSPS) is 16.0. The van der Waals surface area contributed by atoms with Crippen LogP contribution in [-0.4, -0.2) is 49.0 Å². The van der Waals surface area contributed by atoms with Gasteiger partial charge in [-0.05, 0) is 30.2 Å². The molecule has 2 aromatic rings. The Morgan fingerprint density at radius 1 is 1.08 bits per heavy atom. The summed E-state index contributed by atoms with van der Waals surface area (Å²) in [4.78, 5) is 16.8. The molecule has 0 radical (unpaired) electrons. The van der Waals surface area contributed by atoms with Gasteiger partial charge < -0.3 is 9.64 Å². The molecule has 3 rings (SSSR count). The van der Waals surface area contributed by atoms with Crippen LogP contribution in [0.4, 0.5) is 0 Å². The molecule has 1 amide bonds. The second-order valence-corrected chi connectivity index (χ2v) is 6.42. The van der Waals surface area contributed by atoms with Gasteiger partial charge in [-0.1, -0.05) is 36.4 Å². The number of aryl methyl sites for hydroxylation is 1. The van der Waals surface area contributed by atoms with Crippen molar-refractivity contribution in [2.24, 2.45) is 0 Å². The topological polar surface area (TPSA) is 56.6 Å². The summed E-state index contributed by atoms with van der Waals surface area (Å²) in [6, 6.07) is 17.4. The number of nitrogens with zero attached hydrogens (tertiary/aromatic N) is 3. The minimum absolute atomic E-state index is 0.0218. The minimum Gasteiger partial charge on any atom is -0.496 e. The molecule has 134 valence electrons. The first-order valence-corrected chi connectivity index (χ1v) is 8.77. The van der Waals surface area contributed by atoms with Gasteiger partial charge in [-0.2, -0.15) is 5.26 Å². The maximum Gasteiger partial charge on any atom is 0.257 e. The molecule has 0 saturated carbocycles. The van der Waals surface area contributed by atoms with Gasteiger partial charge in [-0.25, -0.2) is 0 Å². The van der Waals surface area contributed by atoms with Gasteiger partial charge in [0.1, 0.15) is 11.8 Å². The van der Waals surface area contributed by atoms with Gasteiger partial charge in [0.05, 0.1) is 18.7 Å². The highest BCUT2D eigenvalue weighted by Crippen LogP contribution is 2.25. The predicted octanol–water partition coefficient (Wildman–Crippen LogP) is 3.03. The van der Waals surface area contributed by atoms with Crippen LogP contribution in [0.2, 0.25) is 0 Å². The second-order valence-electron chi connectivity index (χ2n) is 6.42. The molecular weight excluding hydrogens is 326 g/mol. The predicted molar refractivity (Wildman–Crippen MR) is 100 cm³/mol. The Bertz CT molecular complexity index is 820. The summed E-state index contributed by atoms with van der Waals surface area (Å²) in [6.07, 6.45) is 0. The molecule has 1 aliphatic rings. The third-order valence-corrected chi connectivity index (χ3v) is 4.91. The van der Waals surface area contributed by atoms with Crippen LogP contribution >= 0.6 is 0 Å². The van der Waals surface area contributed by atoms with E-state index in [-0.39, 0.29) is 11.9 Å². The SMILES string of the molecule is COc1ccccc1C(=O)N1CCN(C(C#N)c2ccccc2C)CC1. The highest BCUT2D eigenvalue weighted by molar-refractivity contribution is 5.97. The van der Waals surface area contributed by atoms with Gasteiger partial charge in [0.25, 0.3) is 5.91 Å². The molecule has 0 bridgehead atoms. The van der Waals surface area contributed by atoms with Crippen LogP contribution in [0.25, 0.3) is 0 Å². The fourth-order valence-corrected chi connectivity index (χ4v) is 3.42. The number of carbonyl (C=O) groups excluding carboxylic acids is 1. The van der Waals surface area contributed by atoms with Crippen molar-refractivity contribution >= 4 is 5.91 Å². The number of para-hydroxylation sites is 1. The number of piperazine rings is 1. The molecule has 1 atom stereocenters. The van der Waals surface area contributed by atoms with Crippen molar-refractivity contribution in [3.63, 3.8) is 0 Å². The lowest BCUT2D eigenvalue weighted by Gasteiger charge is -2.37. The molecule has 1 fully saturated rings. The van der Waals surface area contributed by atoms with Gasteiger partial charge in [0.2, 0.25) is 0 Å². The van der Waals surface area contributed by atoms with Crippen LogP contribution in [-0.2, 0) is 0 Å². The number of carbonyl (C=O) groups is 1. The summed E-state index contributed by atoms with van der Waals surface area (Å²) in [5.41, 5.74) is 2.74. The zero-order valence-corrected chi connectivity index (χ0v) is 15.2. The Morgan fingerprint density at radius 2 is 1.73 bits per heavy atom. The average molecular weight is 349 g/mol. The summed E-state index contributed by atoms with van der Waals surface area (Å²) in [5, 5.41) is 9.69. The van der Waals surface area contributed by atoms with Crippen LogP contribution in [0.1, 0.15) is 27.5 Å². The molecule has 5 heteroatoms. The Morgan fingerprint density at radius 3 is 2.38 bits per heavy atom. The summed E-state index contributed by atoms with van der Waals surface area (Å²) < 4.78 is 5.30. The minimum atomic E-state index is -0.278. The molecule has 0 aromatic heterocycles. The maximum absolute atomic E-state index is 12.8. The van der Waals surface area contributed by atoms with E-state index < -0.39 is 0 Å². The number of benzene rings is 2. The summed E-state index contributed by atoms with van der Waals surface area (Å²) in [7, 11) is 1.57. The van der Waals surface area contributed by atoms with E-state index in [4.69, 9.17) is 4.74 Å². The van der Waals surface area contributed by atoms with Gasteiger partial charge in [-0.3, -0.25) is 9.69 Å². The molecule has 0 spiro atoms. The van der Waals surface area contributed by atoms with E-state index in [2.05, 4.69) is 11.0 Å². The number of ether oxygens (including phenoxy) is 1. The van der Waals surface area contributed by atoms with E-state index in [1.54, 1.807) is 19.2 Å². The van der Waals surface area contributed by atoms with Crippen molar-refractivity contribution in [2.45, 2.75) is 13.0 Å². The number of nitriles is 1. The van der Waals surface area contributed by atoms with Crippen molar-refractivity contribution in [3.8, 4) is 11.8 Å². The highest BCUT2D eigenvalue weighted by atomic mass is 16.5. The molecule has 26 heavy (non-hydrogen) atoms. The first-order chi connectivity index (χ1) is 12.7. The van der Waals surface area contributed by atoms with E-state index in [0.29, 0.717) is 37.5 Å². The monoisotopic (exact) mass is 349 g/mol. The number of amides is 1. The highest BCUT2D eigenvalue weighted by Gasteiger charge is 2.29. The molecule has 1 saturated heterocycles. The lowest BCUT2D eigenvalue weighted by atomic mass is 10.0. The van der Waals surface area contributed by atoms with Crippen molar-refractivity contribution in [1.82, 2.24) is 9.80 Å². The Balaban J connectivity index is 1.70. The summed E-state index contributed by atoms with van der Waals surface area (Å²) in [5.74, 6) is 0.571. The van der Waals surface area contributed by atoms with Gasteiger partial charge in [0, 0.05) is 26.2 Å². The lowest BCUT2D eigenvalue weighted by molar-refractivity contribution is 0.0603. The standard InChI is InChI=1S/C21H23N3O2/c1-16-7-3-4-8-17(16)19(15-22)23-11-13-24(14-12-23)21(25)18-9-5-6-10-20(18)26-2/h3-10,19H,11-14H2,1-2H3. The zero-order chi connectivity index (χ0) is 18.5. The van der Waals surface area contributed by atoms with E-state index in [9.17, 15) is 10.1 Å². The summed E-state index contributed by atoms with van der Waals surface area (Å²) >= 11 is 0. The van der Waals surface area contributed by atoms with Gasteiger partial charge >= 0.3 is 0 Å². The largest absolute Gasteiger partial charge is 0.496 e. The van der Waals surface area contributed by atoms with Crippen LogP contribution < -0.4 is 4.74 Å². The molecule has 1 heterocycles. The number of hydrogen-bond acceptors (Lipinski definition) is 4. The molecule has 2 aromatic carbocycles. The Labute approximate surface area is 154 Å². The van der Waals surface area contributed by atoms with E-state index in [0.717, 1.165) is 11.1 Å². The Kier molecular flexibility index (Phi) is 5.55. The molecule has 5 nitrogen and oxygen atoms in total. The van der Waals surface area contributed by atoms with E-state index in [1.807, 2.05) is 48.2 Å². The van der Waals surface area contributed by atoms with Gasteiger partial charge in [-0.15, -0.1) is 0 Å². The molecule has 0 N–H and O–H groups in total. The van der Waals surface area contributed by atoms with Gasteiger partial charge in [0.15, 0.2) is 0 Å². The molecule has 1 unspecified atom stereocenters. The molecular formula is C21H23N3O2. The van der Waals surface area contributed by atoms with Crippen LogP contribution in [0, 0.1) is 18.3 Å². The van der Waals surface area contributed by atoms with Crippen LogP contribution in [0.15, 0.2) is 48.5 Å². The third-order valence-electron chi connectivity index (χ3n) is 4.91. The number of hydrogen-bond donors (Lipinski definition) is 0. The number of rotatable bonds is 4. The first kappa shape index (κ1) is 18.0. The van der Waals surface area contributed by atoms with Crippen LogP contribution in [0.5, 0.6) is 5.75 Å². The summed E-state index contributed by atoms with van der Waals surface area (Å²) in [6.45, 7) is 4.57. The fraction of sp³-hybridized carbons (Fsp3) is 0.333. The molecule has 0 aliphatic carbocycles. The third kappa shape index (κ3) is 3.56. The van der Waals surface area contributed by atoms with Crippen molar-refractivity contribution in [2.75, 3.05) is 33.3 Å². The fourth-order valence-electron chi connectivity index (χ4n) is 3.42. The van der Waals surface area contributed by atoms with E-state index in [1.165, 1.54) is 0 Å². The quantitative estimate of drug-likeness (QED) is 0.851. The van der Waals surface area contributed by atoms with E-state index >= 15 is 0 Å². The smallest absolute Gasteiger partial charge is 0.257 e. The van der Waals surface area contributed by atoms with Crippen molar-refractivity contribution in [1.29, 1.82) is 5.26 Å². The lowest BCUT2D eigenvalue weighted by Crippen LogP contribution is -2.49. The van der Waals surface area contributed by atoms with Crippen LogP contribution in [0.3, 0.4) is 0 Å². The Hall–Kier alpha value is -2.84. The van der Waals surface area contributed by atoms with Crippen molar-refractivity contribution in [3.05, 3.63) is 65.2 Å². The van der Waals surface area contributed by atoms with Crippen molar-refractivity contribution < 1.29 is 9.53 Å².